The Morgan fingerprint density at radius 3 is 3.12 bits per heavy atom. The Bertz CT molecular complexity index is 374. The maximum absolute atomic E-state index is 12.0. The molecule has 0 radical (unpaired) electrons. The highest BCUT2D eigenvalue weighted by Gasteiger charge is 2.32. The second-order valence-electron chi connectivity index (χ2n) is 4.40. The van der Waals surface area contributed by atoms with Gasteiger partial charge in [-0.1, -0.05) is 6.42 Å². The second-order valence-corrected chi connectivity index (χ2v) is 4.40. The number of amides is 1. The topological polar surface area (TPSA) is 72.9 Å². The number of hydrogen-bond acceptors (Lipinski definition) is 3. The largest absolute Gasteiger partial charge is 0.330 e. The van der Waals surface area contributed by atoms with Crippen LogP contribution >= 0.6 is 0 Å². The van der Waals surface area contributed by atoms with Gasteiger partial charge in [0.2, 0.25) is 5.91 Å². The molecule has 0 spiro atoms. The number of carbonyl (C=O) groups is 1. The maximum Gasteiger partial charge on any atom is 0.229 e. The first kappa shape index (κ1) is 11.1. The van der Waals surface area contributed by atoms with Crippen molar-refractivity contribution in [2.45, 2.75) is 19.3 Å². The van der Waals surface area contributed by atoms with E-state index in [0.717, 1.165) is 19.3 Å². The van der Waals surface area contributed by atoms with E-state index in [2.05, 4.69) is 10.4 Å². The van der Waals surface area contributed by atoms with Gasteiger partial charge in [0.1, 0.15) is 0 Å². The molecule has 2 rings (SSSR count). The molecule has 2 atom stereocenters. The fraction of sp³-hybridized carbons (Fsp3) is 0.636. The summed E-state index contributed by atoms with van der Waals surface area (Å²) in [5, 5.41) is 6.97. The standard InChI is InChI=1S/C11H18N4O/c1-15-6-5-10(14-15)13-11(16)9-4-2-3-8(9)7-12/h5-6,8-9H,2-4,7,12H2,1H3,(H,13,14,16)/t8-,9-/m1/s1. The van der Waals surface area contributed by atoms with Gasteiger partial charge in [-0.2, -0.15) is 5.10 Å². The summed E-state index contributed by atoms with van der Waals surface area (Å²) in [5.74, 6) is 1.08. The van der Waals surface area contributed by atoms with E-state index in [1.807, 2.05) is 13.2 Å². The maximum atomic E-state index is 12.0. The minimum Gasteiger partial charge on any atom is -0.330 e. The van der Waals surface area contributed by atoms with Gasteiger partial charge in [0, 0.05) is 25.2 Å². The summed E-state index contributed by atoms with van der Waals surface area (Å²) in [6.07, 6.45) is 4.92. The highest BCUT2D eigenvalue weighted by molar-refractivity contribution is 5.92. The molecule has 5 nitrogen and oxygen atoms in total. The van der Waals surface area contributed by atoms with Crippen LogP contribution in [0, 0.1) is 11.8 Å². The number of anilines is 1. The predicted octanol–water partition coefficient (Wildman–Crippen LogP) is 0.734. The summed E-state index contributed by atoms with van der Waals surface area (Å²) in [7, 11) is 1.83. The number of aromatic nitrogens is 2. The molecule has 0 unspecified atom stereocenters. The van der Waals surface area contributed by atoms with E-state index >= 15 is 0 Å². The van der Waals surface area contributed by atoms with Crippen molar-refractivity contribution in [2.24, 2.45) is 24.6 Å². The molecular weight excluding hydrogens is 204 g/mol. The van der Waals surface area contributed by atoms with E-state index in [1.165, 1.54) is 0 Å². The van der Waals surface area contributed by atoms with Crippen LogP contribution in [0.3, 0.4) is 0 Å². The number of hydrogen-bond donors (Lipinski definition) is 2. The summed E-state index contributed by atoms with van der Waals surface area (Å²) < 4.78 is 1.67. The van der Waals surface area contributed by atoms with Gasteiger partial charge in [-0.25, -0.2) is 0 Å². The van der Waals surface area contributed by atoms with Crippen molar-refractivity contribution in [1.29, 1.82) is 0 Å². The Kier molecular flexibility index (Phi) is 3.24. The van der Waals surface area contributed by atoms with Crippen LogP contribution in [0.15, 0.2) is 12.3 Å². The Morgan fingerprint density at radius 1 is 1.69 bits per heavy atom. The number of carbonyl (C=O) groups excluding carboxylic acids is 1. The van der Waals surface area contributed by atoms with E-state index in [9.17, 15) is 4.79 Å². The Morgan fingerprint density at radius 2 is 2.50 bits per heavy atom. The Hall–Kier alpha value is -1.36. The van der Waals surface area contributed by atoms with E-state index in [1.54, 1.807) is 10.7 Å². The van der Waals surface area contributed by atoms with Gasteiger partial charge in [-0.05, 0) is 25.3 Å². The van der Waals surface area contributed by atoms with E-state index in [0.29, 0.717) is 18.3 Å². The third-order valence-electron chi connectivity index (χ3n) is 3.26. The van der Waals surface area contributed by atoms with Crippen LogP contribution in [0.1, 0.15) is 19.3 Å². The molecule has 88 valence electrons. The molecule has 1 aliphatic carbocycles. The Balaban J connectivity index is 1.97. The second kappa shape index (κ2) is 4.65. The number of nitrogens with two attached hydrogens (primary N) is 1. The van der Waals surface area contributed by atoms with Crippen molar-refractivity contribution in [1.82, 2.24) is 9.78 Å². The summed E-state index contributed by atoms with van der Waals surface area (Å²) >= 11 is 0. The molecule has 1 saturated carbocycles. The van der Waals surface area contributed by atoms with Crippen molar-refractivity contribution in [3.8, 4) is 0 Å². The quantitative estimate of drug-likeness (QED) is 0.792. The van der Waals surface area contributed by atoms with Crippen molar-refractivity contribution in [3.05, 3.63) is 12.3 Å². The molecule has 0 aromatic carbocycles. The van der Waals surface area contributed by atoms with E-state index in [-0.39, 0.29) is 11.8 Å². The highest BCUT2D eigenvalue weighted by atomic mass is 16.2. The van der Waals surface area contributed by atoms with Crippen molar-refractivity contribution in [3.63, 3.8) is 0 Å². The lowest BCUT2D eigenvalue weighted by Crippen LogP contribution is -2.29. The van der Waals surface area contributed by atoms with Gasteiger partial charge in [-0.3, -0.25) is 9.48 Å². The lowest BCUT2D eigenvalue weighted by Gasteiger charge is -2.16. The summed E-state index contributed by atoms with van der Waals surface area (Å²) in [6.45, 7) is 0.598. The first-order valence-corrected chi connectivity index (χ1v) is 5.71. The molecule has 1 aliphatic rings. The predicted molar refractivity (Wildman–Crippen MR) is 61.7 cm³/mol. The summed E-state index contributed by atoms with van der Waals surface area (Å²) in [5.41, 5.74) is 5.66. The molecular formula is C11H18N4O. The molecule has 5 heteroatoms. The molecule has 0 bridgehead atoms. The molecule has 3 N–H and O–H groups in total. The zero-order valence-corrected chi connectivity index (χ0v) is 9.52. The highest BCUT2D eigenvalue weighted by Crippen LogP contribution is 2.31. The number of nitrogens with one attached hydrogen (secondary N) is 1. The van der Waals surface area contributed by atoms with E-state index < -0.39 is 0 Å². The molecule has 1 aromatic heterocycles. The van der Waals surface area contributed by atoms with Crippen LogP contribution in [0.2, 0.25) is 0 Å². The lowest BCUT2D eigenvalue weighted by molar-refractivity contribution is -0.120. The molecule has 0 saturated heterocycles. The lowest BCUT2D eigenvalue weighted by atomic mass is 9.95. The van der Waals surface area contributed by atoms with Gasteiger partial charge < -0.3 is 11.1 Å². The SMILES string of the molecule is Cn1ccc(NC(=O)[C@@H]2CCC[C@@H]2CN)n1. The third kappa shape index (κ3) is 2.24. The van der Waals surface area contributed by atoms with Crippen LogP contribution < -0.4 is 11.1 Å². The zero-order chi connectivity index (χ0) is 11.5. The zero-order valence-electron chi connectivity index (χ0n) is 9.52. The summed E-state index contributed by atoms with van der Waals surface area (Å²) in [6, 6.07) is 1.80. The fourth-order valence-corrected chi connectivity index (χ4v) is 2.36. The van der Waals surface area contributed by atoms with Gasteiger partial charge in [-0.15, -0.1) is 0 Å². The van der Waals surface area contributed by atoms with Crippen LogP contribution in [0.25, 0.3) is 0 Å². The number of rotatable bonds is 3. The molecule has 0 aliphatic heterocycles. The van der Waals surface area contributed by atoms with Crippen LogP contribution in [-0.4, -0.2) is 22.2 Å². The smallest absolute Gasteiger partial charge is 0.229 e. The molecule has 1 fully saturated rings. The first-order valence-electron chi connectivity index (χ1n) is 5.71. The molecule has 1 aromatic rings. The number of aryl methyl sites for hydroxylation is 1. The van der Waals surface area contributed by atoms with E-state index in [4.69, 9.17) is 5.73 Å². The average molecular weight is 222 g/mol. The van der Waals surface area contributed by atoms with Gasteiger partial charge in [0.25, 0.3) is 0 Å². The van der Waals surface area contributed by atoms with Crippen LogP contribution in [0.5, 0.6) is 0 Å². The molecule has 1 heterocycles. The van der Waals surface area contributed by atoms with Crippen molar-refractivity contribution < 1.29 is 4.79 Å². The van der Waals surface area contributed by atoms with Crippen molar-refractivity contribution in [2.75, 3.05) is 11.9 Å². The average Bonchev–Trinajstić information content (AvgIpc) is 2.86. The fourth-order valence-electron chi connectivity index (χ4n) is 2.36. The summed E-state index contributed by atoms with van der Waals surface area (Å²) in [4.78, 5) is 12.0. The van der Waals surface area contributed by atoms with Crippen LogP contribution in [-0.2, 0) is 11.8 Å². The normalized spacial score (nSPS) is 24.6. The van der Waals surface area contributed by atoms with Gasteiger partial charge >= 0.3 is 0 Å². The molecule has 16 heavy (non-hydrogen) atoms. The Labute approximate surface area is 95.0 Å². The molecule has 1 amide bonds. The monoisotopic (exact) mass is 222 g/mol. The minimum absolute atomic E-state index is 0.0617. The third-order valence-corrected chi connectivity index (χ3v) is 3.26. The minimum atomic E-state index is 0.0617. The van der Waals surface area contributed by atoms with Crippen molar-refractivity contribution >= 4 is 11.7 Å². The first-order chi connectivity index (χ1) is 7.70. The van der Waals surface area contributed by atoms with Gasteiger partial charge in [0.15, 0.2) is 5.82 Å². The van der Waals surface area contributed by atoms with Gasteiger partial charge in [0.05, 0.1) is 0 Å². The number of nitrogens with zero attached hydrogens (tertiary/aromatic N) is 2. The van der Waals surface area contributed by atoms with Crippen LogP contribution in [0.4, 0.5) is 5.82 Å².